The molecule has 21 heavy (non-hydrogen) atoms. The van der Waals surface area contributed by atoms with Crippen molar-refractivity contribution in [2.45, 2.75) is 39.0 Å². The molecule has 114 valence electrons. The molecule has 2 fully saturated rings. The van der Waals surface area contributed by atoms with Crippen molar-refractivity contribution in [1.82, 2.24) is 5.16 Å². The predicted molar refractivity (Wildman–Crippen MR) is 74.4 cm³/mol. The first-order chi connectivity index (χ1) is 10.1. The van der Waals surface area contributed by atoms with Crippen molar-refractivity contribution in [2.75, 3.05) is 11.9 Å². The number of ether oxygens (including phenoxy) is 1. The van der Waals surface area contributed by atoms with Crippen molar-refractivity contribution < 1.29 is 18.8 Å². The minimum absolute atomic E-state index is 0.272. The standard InChI is InChI=1S/C15H20N2O4/c1-9-4-13(17-21-9)16-14(18)8-20-15(19)7-12-6-10-2-3-11(12)5-10/h4,10-12H,2-3,5-8H2,1H3,(H,16,17,18)/t10-,11+,12+/m0/s1. The van der Waals surface area contributed by atoms with Crippen LogP contribution < -0.4 is 5.32 Å². The van der Waals surface area contributed by atoms with Crippen LogP contribution in [0.25, 0.3) is 0 Å². The van der Waals surface area contributed by atoms with Crippen molar-refractivity contribution in [1.29, 1.82) is 0 Å². The Bertz CT molecular complexity index is 540. The molecule has 0 radical (unpaired) electrons. The van der Waals surface area contributed by atoms with Gasteiger partial charge in [0.2, 0.25) is 0 Å². The zero-order valence-electron chi connectivity index (χ0n) is 12.1. The van der Waals surface area contributed by atoms with Gasteiger partial charge in [-0.15, -0.1) is 0 Å². The van der Waals surface area contributed by atoms with Gasteiger partial charge in [-0.3, -0.25) is 9.59 Å². The van der Waals surface area contributed by atoms with Crippen LogP contribution >= 0.6 is 0 Å². The summed E-state index contributed by atoms with van der Waals surface area (Å²) >= 11 is 0. The number of carbonyl (C=O) groups excluding carboxylic acids is 2. The number of carbonyl (C=O) groups is 2. The lowest BCUT2D eigenvalue weighted by Gasteiger charge is -2.20. The second-order valence-electron chi connectivity index (χ2n) is 6.17. The van der Waals surface area contributed by atoms with Gasteiger partial charge in [-0.25, -0.2) is 0 Å². The summed E-state index contributed by atoms with van der Waals surface area (Å²) in [5, 5.41) is 6.16. The van der Waals surface area contributed by atoms with Gasteiger partial charge >= 0.3 is 5.97 Å². The molecule has 2 bridgehead atoms. The van der Waals surface area contributed by atoms with Crippen LogP contribution in [-0.2, 0) is 14.3 Å². The van der Waals surface area contributed by atoms with Crippen molar-refractivity contribution in [3.05, 3.63) is 11.8 Å². The first kappa shape index (κ1) is 14.1. The number of amides is 1. The minimum atomic E-state index is -0.399. The topological polar surface area (TPSA) is 81.4 Å². The summed E-state index contributed by atoms with van der Waals surface area (Å²) in [7, 11) is 0. The number of hydrogen-bond acceptors (Lipinski definition) is 5. The average molecular weight is 292 g/mol. The van der Waals surface area contributed by atoms with Gasteiger partial charge in [0, 0.05) is 12.5 Å². The second-order valence-corrected chi connectivity index (χ2v) is 6.17. The van der Waals surface area contributed by atoms with Crippen molar-refractivity contribution in [3.8, 4) is 0 Å². The maximum atomic E-state index is 11.8. The van der Waals surface area contributed by atoms with E-state index in [0.29, 0.717) is 29.8 Å². The summed E-state index contributed by atoms with van der Waals surface area (Å²) in [6.07, 6.45) is 5.41. The van der Waals surface area contributed by atoms with Gasteiger partial charge in [0.15, 0.2) is 12.4 Å². The molecule has 0 aliphatic heterocycles. The van der Waals surface area contributed by atoms with Crippen LogP contribution in [0.4, 0.5) is 5.82 Å². The zero-order valence-corrected chi connectivity index (χ0v) is 12.1. The highest BCUT2D eigenvalue weighted by Crippen LogP contribution is 2.49. The third kappa shape index (κ3) is 3.43. The van der Waals surface area contributed by atoms with E-state index < -0.39 is 5.91 Å². The molecular formula is C15H20N2O4. The quantitative estimate of drug-likeness (QED) is 0.842. The molecule has 0 saturated heterocycles. The fourth-order valence-electron chi connectivity index (χ4n) is 3.65. The van der Waals surface area contributed by atoms with Crippen molar-refractivity contribution >= 4 is 17.7 Å². The largest absolute Gasteiger partial charge is 0.456 e. The summed E-state index contributed by atoms with van der Waals surface area (Å²) in [5.41, 5.74) is 0. The number of aryl methyl sites for hydroxylation is 1. The van der Waals surface area contributed by atoms with Gasteiger partial charge in [0.05, 0.1) is 0 Å². The first-order valence-electron chi connectivity index (χ1n) is 7.49. The van der Waals surface area contributed by atoms with Gasteiger partial charge in [-0.05, 0) is 43.9 Å². The first-order valence-corrected chi connectivity index (χ1v) is 7.49. The molecule has 0 aromatic carbocycles. The number of anilines is 1. The molecule has 2 aliphatic rings. The van der Waals surface area contributed by atoms with Crippen molar-refractivity contribution in [3.63, 3.8) is 0 Å². The van der Waals surface area contributed by atoms with E-state index in [1.54, 1.807) is 13.0 Å². The summed E-state index contributed by atoms with van der Waals surface area (Å²) in [6, 6.07) is 1.61. The molecule has 1 aromatic rings. The Balaban J connectivity index is 1.38. The normalized spacial score (nSPS) is 26.8. The van der Waals surface area contributed by atoms with Crippen LogP contribution in [0.2, 0.25) is 0 Å². The Morgan fingerprint density at radius 1 is 1.43 bits per heavy atom. The third-order valence-electron chi connectivity index (χ3n) is 4.57. The molecular weight excluding hydrogens is 272 g/mol. The zero-order chi connectivity index (χ0) is 14.8. The lowest BCUT2D eigenvalue weighted by Crippen LogP contribution is -2.23. The fourth-order valence-corrected chi connectivity index (χ4v) is 3.65. The van der Waals surface area contributed by atoms with Crippen molar-refractivity contribution in [2.24, 2.45) is 17.8 Å². The summed E-state index contributed by atoms with van der Waals surface area (Å²) in [6.45, 7) is 1.46. The second kappa shape index (κ2) is 5.87. The highest BCUT2D eigenvalue weighted by molar-refractivity contribution is 5.91. The van der Waals surface area contributed by atoms with Crippen LogP contribution in [0, 0.1) is 24.7 Å². The van der Waals surface area contributed by atoms with Gasteiger partial charge < -0.3 is 14.6 Å². The van der Waals surface area contributed by atoms with E-state index in [-0.39, 0.29) is 12.6 Å². The molecule has 3 atom stereocenters. The van der Waals surface area contributed by atoms with E-state index in [0.717, 1.165) is 12.3 Å². The number of aromatic nitrogens is 1. The third-order valence-corrected chi connectivity index (χ3v) is 4.57. The maximum Gasteiger partial charge on any atom is 0.306 e. The molecule has 1 heterocycles. The molecule has 1 aromatic heterocycles. The van der Waals surface area contributed by atoms with E-state index in [4.69, 9.17) is 9.26 Å². The average Bonchev–Trinajstić information content (AvgIpc) is 3.14. The Labute approximate surface area is 123 Å². The van der Waals surface area contributed by atoms with E-state index >= 15 is 0 Å². The summed E-state index contributed by atoms with van der Waals surface area (Å²) in [4.78, 5) is 23.4. The number of esters is 1. The van der Waals surface area contributed by atoms with Crippen LogP contribution in [0.3, 0.4) is 0 Å². The molecule has 1 amide bonds. The molecule has 2 saturated carbocycles. The number of rotatable bonds is 5. The smallest absolute Gasteiger partial charge is 0.306 e. The van der Waals surface area contributed by atoms with Crippen LogP contribution in [0.5, 0.6) is 0 Å². The minimum Gasteiger partial charge on any atom is -0.456 e. The number of nitrogens with one attached hydrogen (secondary N) is 1. The highest BCUT2D eigenvalue weighted by Gasteiger charge is 2.40. The maximum absolute atomic E-state index is 11.8. The molecule has 2 aliphatic carbocycles. The monoisotopic (exact) mass is 292 g/mol. The predicted octanol–water partition coefficient (Wildman–Crippen LogP) is 2.29. The van der Waals surface area contributed by atoms with Gasteiger partial charge in [0.25, 0.3) is 5.91 Å². The van der Waals surface area contributed by atoms with Gasteiger partial charge in [-0.1, -0.05) is 11.6 Å². The molecule has 0 spiro atoms. The Hall–Kier alpha value is -1.85. The number of nitrogens with zero attached hydrogens (tertiary/aromatic N) is 1. The summed E-state index contributed by atoms with van der Waals surface area (Å²) < 4.78 is 9.88. The Morgan fingerprint density at radius 3 is 2.90 bits per heavy atom. The van der Waals surface area contributed by atoms with E-state index in [2.05, 4.69) is 10.5 Å². The van der Waals surface area contributed by atoms with Crippen LogP contribution in [0.15, 0.2) is 10.6 Å². The number of hydrogen-bond donors (Lipinski definition) is 1. The summed E-state index contributed by atoms with van der Waals surface area (Å²) in [5.74, 6) is 2.22. The van der Waals surface area contributed by atoms with Crippen LogP contribution in [0.1, 0.15) is 37.9 Å². The molecule has 3 rings (SSSR count). The van der Waals surface area contributed by atoms with E-state index in [1.807, 2.05) is 0 Å². The molecule has 0 unspecified atom stereocenters. The molecule has 1 N–H and O–H groups in total. The van der Waals surface area contributed by atoms with Gasteiger partial charge in [0.1, 0.15) is 5.76 Å². The lowest BCUT2D eigenvalue weighted by molar-refractivity contribution is -0.148. The van der Waals surface area contributed by atoms with Crippen LogP contribution in [-0.4, -0.2) is 23.6 Å². The molecule has 6 nitrogen and oxygen atoms in total. The fraction of sp³-hybridized carbons (Fsp3) is 0.667. The highest BCUT2D eigenvalue weighted by atomic mass is 16.5. The van der Waals surface area contributed by atoms with E-state index in [1.165, 1.54) is 19.3 Å². The van der Waals surface area contributed by atoms with E-state index in [9.17, 15) is 9.59 Å². The molecule has 6 heteroatoms. The lowest BCUT2D eigenvalue weighted by atomic mass is 9.86. The number of fused-ring (bicyclic) bond motifs is 2. The van der Waals surface area contributed by atoms with Gasteiger partial charge in [-0.2, -0.15) is 0 Å². The Morgan fingerprint density at radius 2 is 2.29 bits per heavy atom. The Kier molecular flexibility index (Phi) is 3.94. The SMILES string of the molecule is Cc1cc(NC(=O)COC(=O)C[C@H]2C[C@H]3CC[C@@H]2C3)no1.